The van der Waals surface area contributed by atoms with Gasteiger partial charge in [0.2, 0.25) is 0 Å². The first-order valence-electron chi connectivity index (χ1n) is 11.6. The summed E-state index contributed by atoms with van der Waals surface area (Å²) in [6, 6.07) is 9.14. The Morgan fingerprint density at radius 3 is 2.69 bits per heavy atom. The minimum absolute atomic E-state index is 0.175. The summed E-state index contributed by atoms with van der Waals surface area (Å²) in [5.41, 5.74) is 4.18. The Bertz CT molecular complexity index is 1200. The van der Waals surface area contributed by atoms with Gasteiger partial charge in [0.15, 0.2) is 6.23 Å². The van der Waals surface area contributed by atoms with E-state index in [9.17, 15) is 14.7 Å². The Hall–Kier alpha value is -2.74. The van der Waals surface area contributed by atoms with Crippen molar-refractivity contribution in [3.63, 3.8) is 0 Å². The maximum atomic E-state index is 13.1. The lowest BCUT2D eigenvalue weighted by Gasteiger charge is -2.38. The van der Waals surface area contributed by atoms with E-state index in [4.69, 9.17) is 27.9 Å². The lowest BCUT2D eigenvalue weighted by Crippen LogP contribution is -2.48. The van der Waals surface area contributed by atoms with Crippen molar-refractivity contribution in [2.45, 2.75) is 39.5 Å². The third-order valence-corrected chi connectivity index (χ3v) is 6.99. The van der Waals surface area contributed by atoms with E-state index in [2.05, 4.69) is 11.5 Å². The van der Waals surface area contributed by atoms with Gasteiger partial charge >= 0.3 is 12.0 Å². The summed E-state index contributed by atoms with van der Waals surface area (Å²) in [6.45, 7) is 4.42. The molecule has 2 heterocycles. The summed E-state index contributed by atoms with van der Waals surface area (Å²) in [6.07, 6.45) is 3.97. The predicted molar refractivity (Wildman–Crippen MR) is 137 cm³/mol. The SMILES string of the molecule is CC(=O)OCCCN1C(=O)N(C)c2cc(-c3cccc(Cl)c3)n(CC3=CC=C(Cl)CC3C)c2C1O. The van der Waals surface area contributed by atoms with Crippen LogP contribution in [-0.4, -0.2) is 46.8 Å². The third kappa shape index (κ3) is 5.27. The fourth-order valence-corrected chi connectivity index (χ4v) is 5.09. The summed E-state index contributed by atoms with van der Waals surface area (Å²) in [7, 11) is 1.70. The fraction of sp³-hybridized carbons (Fsp3) is 0.385. The van der Waals surface area contributed by atoms with Gasteiger partial charge in [-0.1, -0.05) is 48.3 Å². The van der Waals surface area contributed by atoms with Crippen LogP contribution in [-0.2, 0) is 16.1 Å². The lowest BCUT2D eigenvalue weighted by atomic mass is 9.93. The number of allylic oxidation sites excluding steroid dienone is 4. The average molecular weight is 518 g/mol. The Morgan fingerprint density at radius 1 is 1.23 bits per heavy atom. The van der Waals surface area contributed by atoms with Gasteiger partial charge in [0.25, 0.3) is 0 Å². The van der Waals surface area contributed by atoms with Gasteiger partial charge in [0.05, 0.1) is 23.7 Å². The standard InChI is InChI=1S/C26H29Cl2N3O4/c1-16-12-21(28)9-8-19(16)15-31-22(18-6-4-7-20(27)13-18)14-23-24(31)25(33)30(26(34)29(23)3)10-5-11-35-17(2)32/h4,6-9,13-14,16,25,33H,5,10-12,15H2,1-3H3. The molecule has 186 valence electrons. The van der Waals surface area contributed by atoms with Crippen LogP contribution in [0.2, 0.25) is 5.02 Å². The minimum atomic E-state index is -1.16. The molecule has 0 fully saturated rings. The van der Waals surface area contributed by atoms with Gasteiger partial charge in [0, 0.05) is 37.1 Å². The molecule has 4 rings (SSSR count). The van der Waals surface area contributed by atoms with Crippen LogP contribution in [0.25, 0.3) is 11.3 Å². The van der Waals surface area contributed by atoms with Crippen molar-refractivity contribution in [3.05, 3.63) is 63.8 Å². The quantitative estimate of drug-likeness (QED) is 0.376. The number of ether oxygens (including phenoxy) is 1. The fourth-order valence-electron chi connectivity index (χ4n) is 4.61. The number of aliphatic hydroxyl groups excluding tert-OH is 1. The largest absolute Gasteiger partial charge is 0.466 e. The highest BCUT2D eigenvalue weighted by molar-refractivity contribution is 6.30. The van der Waals surface area contributed by atoms with Crippen LogP contribution in [0.15, 0.2) is 53.1 Å². The molecule has 0 bridgehead atoms. The molecule has 0 saturated carbocycles. The number of benzene rings is 1. The van der Waals surface area contributed by atoms with E-state index < -0.39 is 6.23 Å². The number of amides is 2. The second-order valence-corrected chi connectivity index (χ2v) is 9.88. The van der Waals surface area contributed by atoms with Gasteiger partial charge in [-0.2, -0.15) is 0 Å². The van der Waals surface area contributed by atoms with Gasteiger partial charge in [-0.25, -0.2) is 4.79 Å². The van der Waals surface area contributed by atoms with Crippen molar-refractivity contribution in [2.24, 2.45) is 5.92 Å². The molecule has 1 N–H and O–H groups in total. The molecule has 9 heteroatoms. The van der Waals surface area contributed by atoms with E-state index in [1.807, 2.05) is 42.5 Å². The van der Waals surface area contributed by atoms with Crippen molar-refractivity contribution in [1.82, 2.24) is 9.47 Å². The average Bonchev–Trinajstić information content (AvgIpc) is 3.18. The van der Waals surface area contributed by atoms with Crippen LogP contribution in [0.4, 0.5) is 10.5 Å². The molecule has 1 aromatic carbocycles. The Labute approximate surface area is 215 Å². The van der Waals surface area contributed by atoms with Gasteiger partial charge in [-0.05, 0) is 54.2 Å². The molecule has 2 unspecified atom stereocenters. The molecule has 0 spiro atoms. The third-order valence-electron chi connectivity index (χ3n) is 6.47. The van der Waals surface area contributed by atoms with Gasteiger partial charge in [-0.15, -0.1) is 0 Å². The highest BCUT2D eigenvalue weighted by Gasteiger charge is 2.39. The monoisotopic (exact) mass is 517 g/mol. The topological polar surface area (TPSA) is 75.0 Å². The van der Waals surface area contributed by atoms with Crippen molar-refractivity contribution in [1.29, 1.82) is 0 Å². The predicted octanol–water partition coefficient (Wildman–Crippen LogP) is 5.71. The van der Waals surface area contributed by atoms with Crippen LogP contribution in [0.3, 0.4) is 0 Å². The molecule has 7 nitrogen and oxygen atoms in total. The van der Waals surface area contributed by atoms with E-state index in [1.165, 1.54) is 17.4 Å². The van der Waals surface area contributed by atoms with Crippen molar-refractivity contribution in [2.75, 3.05) is 25.1 Å². The number of carbonyl (C=O) groups is 2. The van der Waals surface area contributed by atoms with Crippen LogP contribution in [0.1, 0.15) is 38.6 Å². The van der Waals surface area contributed by atoms with E-state index in [0.717, 1.165) is 22.7 Å². The maximum Gasteiger partial charge on any atom is 0.326 e. The molecule has 2 aliphatic rings. The van der Waals surface area contributed by atoms with Crippen molar-refractivity contribution >= 4 is 40.9 Å². The van der Waals surface area contributed by atoms with Crippen LogP contribution in [0.5, 0.6) is 0 Å². The van der Waals surface area contributed by atoms with E-state index in [1.54, 1.807) is 11.9 Å². The number of rotatable bonds is 7. The number of esters is 1. The number of hydrogen-bond donors (Lipinski definition) is 1. The van der Waals surface area contributed by atoms with Crippen molar-refractivity contribution in [3.8, 4) is 11.3 Å². The molecule has 0 saturated heterocycles. The number of aliphatic hydroxyl groups is 1. The maximum absolute atomic E-state index is 13.1. The molecule has 1 aliphatic carbocycles. The first kappa shape index (κ1) is 25.4. The number of hydrogen-bond acceptors (Lipinski definition) is 4. The zero-order valence-electron chi connectivity index (χ0n) is 20.0. The Kier molecular flexibility index (Phi) is 7.59. The first-order valence-corrected chi connectivity index (χ1v) is 12.3. The molecular weight excluding hydrogens is 489 g/mol. The molecule has 2 atom stereocenters. The van der Waals surface area contributed by atoms with Crippen LogP contribution >= 0.6 is 23.2 Å². The molecule has 0 radical (unpaired) electrons. The lowest BCUT2D eigenvalue weighted by molar-refractivity contribution is -0.141. The number of halogens is 2. The van der Waals surface area contributed by atoms with E-state index in [0.29, 0.717) is 29.4 Å². The minimum Gasteiger partial charge on any atom is -0.466 e. The number of nitrogens with zero attached hydrogens (tertiary/aromatic N) is 3. The number of fused-ring (bicyclic) bond motifs is 1. The Balaban J connectivity index is 1.77. The van der Waals surface area contributed by atoms with E-state index in [-0.39, 0.29) is 31.1 Å². The zero-order chi connectivity index (χ0) is 25.3. The second kappa shape index (κ2) is 10.5. The first-order chi connectivity index (χ1) is 16.7. The normalized spacial score (nSPS) is 19.9. The molecule has 2 aromatic rings. The second-order valence-electron chi connectivity index (χ2n) is 8.96. The number of urea groups is 1. The number of aromatic nitrogens is 1. The van der Waals surface area contributed by atoms with Gasteiger partial charge in [0.1, 0.15) is 0 Å². The zero-order valence-corrected chi connectivity index (χ0v) is 21.5. The van der Waals surface area contributed by atoms with Crippen LogP contribution in [0, 0.1) is 5.92 Å². The van der Waals surface area contributed by atoms with Crippen molar-refractivity contribution < 1.29 is 19.4 Å². The van der Waals surface area contributed by atoms with Gasteiger partial charge in [-0.3, -0.25) is 14.6 Å². The van der Waals surface area contributed by atoms with Crippen LogP contribution < -0.4 is 4.90 Å². The Morgan fingerprint density at radius 2 is 2.00 bits per heavy atom. The summed E-state index contributed by atoms with van der Waals surface area (Å²) >= 11 is 12.5. The summed E-state index contributed by atoms with van der Waals surface area (Å²) in [5, 5.41) is 12.8. The molecule has 35 heavy (non-hydrogen) atoms. The molecule has 1 aliphatic heterocycles. The highest BCUT2D eigenvalue weighted by Crippen LogP contribution is 2.42. The van der Waals surface area contributed by atoms with E-state index >= 15 is 0 Å². The van der Waals surface area contributed by atoms with Gasteiger partial charge < -0.3 is 14.4 Å². The smallest absolute Gasteiger partial charge is 0.326 e. The summed E-state index contributed by atoms with van der Waals surface area (Å²) in [4.78, 5) is 27.2. The summed E-state index contributed by atoms with van der Waals surface area (Å²) < 4.78 is 7.06. The molecule has 1 aromatic heterocycles. The molecular formula is C26H29Cl2N3O4. The highest BCUT2D eigenvalue weighted by atomic mass is 35.5. The number of carbonyl (C=O) groups excluding carboxylic acids is 2. The molecule has 2 amide bonds. The summed E-state index contributed by atoms with van der Waals surface area (Å²) in [5.74, 6) is -0.142. The number of anilines is 1.